The zero-order valence-corrected chi connectivity index (χ0v) is 15.8. The Hall–Kier alpha value is -2.24. The Balaban J connectivity index is 1.82. The third kappa shape index (κ3) is 5.37. The predicted octanol–water partition coefficient (Wildman–Crippen LogP) is 1.72. The van der Waals surface area contributed by atoms with Crippen molar-refractivity contribution in [3.05, 3.63) is 29.3 Å². The first-order chi connectivity index (χ1) is 12.1. The lowest BCUT2D eigenvalue weighted by molar-refractivity contribution is -0.129. The van der Waals surface area contributed by atoms with Crippen LogP contribution in [0.5, 0.6) is 5.75 Å². The van der Waals surface area contributed by atoms with Gasteiger partial charge in [-0.05, 0) is 31.4 Å². The van der Waals surface area contributed by atoms with Gasteiger partial charge in [0.15, 0.2) is 5.96 Å². The van der Waals surface area contributed by atoms with E-state index in [2.05, 4.69) is 34.7 Å². The second-order valence-electron chi connectivity index (χ2n) is 6.39. The van der Waals surface area contributed by atoms with Gasteiger partial charge in [-0.25, -0.2) is 0 Å². The highest BCUT2D eigenvalue weighted by Gasteiger charge is 2.25. The number of guanidine groups is 1. The molecule has 1 fully saturated rings. The Kier molecular flexibility index (Phi) is 7.10. The van der Waals surface area contributed by atoms with Crippen LogP contribution in [0.3, 0.4) is 0 Å². The highest BCUT2D eigenvalue weighted by Crippen LogP contribution is 2.19. The van der Waals surface area contributed by atoms with Crippen molar-refractivity contribution in [1.82, 2.24) is 15.5 Å². The molecule has 1 unspecified atom stereocenters. The predicted molar refractivity (Wildman–Crippen MR) is 101 cm³/mol. The molecule has 1 saturated heterocycles. The SMILES string of the molecule is CCC(=O)N1CCC(NC(=NC)NCCc2cc(C)ccc2OC)C1. The van der Waals surface area contributed by atoms with Crippen LogP contribution in [-0.2, 0) is 11.2 Å². The van der Waals surface area contributed by atoms with Gasteiger partial charge < -0.3 is 20.3 Å². The first-order valence-corrected chi connectivity index (χ1v) is 8.95. The summed E-state index contributed by atoms with van der Waals surface area (Å²) >= 11 is 0. The standard InChI is InChI=1S/C19H30N4O2/c1-5-18(24)23-11-9-16(13-23)22-19(20-3)21-10-8-15-12-14(2)6-7-17(15)25-4/h6-7,12,16H,5,8-11,13H2,1-4H3,(H2,20,21,22). The molecule has 1 heterocycles. The highest BCUT2D eigenvalue weighted by atomic mass is 16.5. The Labute approximate surface area is 150 Å². The van der Waals surface area contributed by atoms with Gasteiger partial charge in [-0.2, -0.15) is 0 Å². The number of amides is 1. The van der Waals surface area contributed by atoms with Crippen molar-refractivity contribution in [2.45, 2.75) is 39.2 Å². The lowest BCUT2D eigenvalue weighted by Gasteiger charge is -2.19. The number of likely N-dealkylation sites (tertiary alicyclic amines) is 1. The van der Waals surface area contributed by atoms with E-state index in [9.17, 15) is 4.79 Å². The molecule has 25 heavy (non-hydrogen) atoms. The van der Waals surface area contributed by atoms with Crippen LogP contribution in [0.1, 0.15) is 30.9 Å². The van der Waals surface area contributed by atoms with Gasteiger partial charge in [-0.15, -0.1) is 0 Å². The summed E-state index contributed by atoms with van der Waals surface area (Å²) in [5.74, 6) is 1.92. The van der Waals surface area contributed by atoms with E-state index in [1.807, 2.05) is 17.9 Å². The maximum atomic E-state index is 11.8. The number of rotatable bonds is 6. The van der Waals surface area contributed by atoms with E-state index in [1.165, 1.54) is 11.1 Å². The summed E-state index contributed by atoms with van der Waals surface area (Å²) in [4.78, 5) is 18.0. The summed E-state index contributed by atoms with van der Waals surface area (Å²) in [5, 5.41) is 6.77. The van der Waals surface area contributed by atoms with Gasteiger partial charge in [0, 0.05) is 39.1 Å². The van der Waals surface area contributed by atoms with Gasteiger partial charge in [-0.3, -0.25) is 9.79 Å². The molecule has 6 heteroatoms. The molecule has 0 radical (unpaired) electrons. The molecule has 0 bridgehead atoms. The monoisotopic (exact) mass is 346 g/mol. The van der Waals surface area contributed by atoms with Crippen LogP contribution in [-0.4, -0.2) is 56.6 Å². The van der Waals surface area contributed by atoms with Crippen molar-refractivity contribution in [2.24, 2.45) is 4.99 Å². The van der Waals surface area contributed by atoms with Gasteiger partial charge in [0.25, 0.3) is 0 Å². The number of benzene rings is 1. The van der Waals surface area contributed by atoms with Crippen molar-refractivity contribution in [1.29, 1.82) is 0 Å². The van der Waals surface area contributed by atoms with Crippen molar-refractivity contribution < 1.29 is 9.53 Å². The molecule has 0 aliphatic carbocycles. The van der Waals surface area contributed by atoms with Gasteiger partial charge in [0.1, 0.15) is 5.75 Å². The lowest BCUT2D eigenvalue weighted by atomic mass is 10.1. The minimum atomic E-state index is 0.221. The quantitative estimate of drug-likeness (QED) is 0.608. The van der Waals surface area contributed by atoms with Crippen molar-refractivity contribution in [3.8, 4) is 5.75 Å². The van der Waals surface area contributed by atoms with E-state index < -0.39 is 0 Å². The zero-order chi connectivity index (χ0) is 18.2. The number of nitrogens with one attached hydrogen (secondary N) is 2. The Morgan fingerprint density at radius 2 is 2.24 bits per heavy atom. The normalized spacial score (nSPS) is 17.5. The van der Waals surface area contributed by atoms with E-state index in [1.54, 1.807) is 14.2 Å². The summed E-state index contributed by atoms with van der Waals surface area (Å²) in [6.07, 6.45) is 2.38. The van der Waals surface area contributed by atoms with Gasteiger partial charge in [-0.1, -0.05) is 24.6 Å². The number of carbonyl (C=O) groups excluding carboxylic acids is 1. The Morgan fingerprint density at radius 1 is 1.44 bits per heavy atom. The second-order valence-corrected chi connectivity index (χ2v) is 6.39. The maximum Gasteiger partial charge on any atom is 0.222 e. The van der Waals surface area contributed by atoms with Crippen LogP contribution in [0.15, 0.2) is 23.2 Å². The summed E-state index contributed by atoms with van der Waals surface area (Å²) in [7, 11) is 3.47. The zero-order valence-electron chi connectivity index (χ0n) is 15.8. The molecule has 1 aliphatic rings. The van der Waals surface area contributed by atoms with Crippen molar-refractivity contribution in [2.75, 3.05) is 33.8 Å². The molecule has 2 N–H and O–H groups in total. The number of aryl methyl sites for hydroxylation is 1. The fourth-order valence-electron chi connectivity index (χ4n) is 3.13. The van der Waals surface area contributed by atoms with Crippen LogP contribution < -0.4 is 15.4 Å². The van der Waals surface area contributed by atoms with Crippen LogP contribution in [0.25, 0.3) is 0 Å². The third-order valence-electron chi connectivity index (χ3n) is 4.53. The third-order valence-corrected chi connectivity index (χ3v) is 4.53. The van der Waals surface area contributed by atoms with Gasteiger partial charge >= 0.3 is 0 Å². The number of aliphatic imine (C=N–C) groups is 1. The molecule has 1 aromatic rings. The molecule has 1 atom stereocenters. The number of carbonyl (C=O) groups is 1. The van der Waals surface area contributed by atoms with Crippen LogP contribution in [0, 0.1) is 6.92 Å². The molecular formula is C19H30N4O2. The smallest absolute Gasteiger partial charge is 0.222 e. The van der Waals surface area contributed by atoms with Crippen LogP contribution in [0.4, 0.5) is 0 Å². The average Bonchev–Trinajstić information content (AvgIpc) is 3.09. The lowest BCUT2D eigenvalue weighted by Crippen LogP contribution is -2.45. The van der Waals surface area contributed by atoms with Crippen molar-refractivity contribution >= 4 is 11.9 Å². The Morgan fingerprint density at radius 3 is 2.92 bits per heavy atom. The van der Waals surface area contributed by atoms with E-state index in [0.717, 1.165) is 44.2 Å². The molecule has 138 valence electrons. The topological polar surface area (TPSA) is 66.0 Å². The average molecular weight is 346 g/mol. The molecule has 0 aromatic heterocycles. The fourth-order valence-corrected chi connectivity index (χ4v) is 3.13. The summed E-state index contributed by atoms with van der Waals surface area (Å²) in [6, 6.07) is 6.48. The van der Waals surface area contributed by atoms with Crippen LogP contribution in [0.2, 0.25) is 0 Å². The molecular weight excluding hydrogens is 316 g/mol. The first-order valence-electron chi connectivity index (χ1n) is 8.95. The Bertz CT molecular complexity index is 615. The van der Waals surface area contributed by atoms with E-state index in [-0.39, 0.29) is 11.9 Å². The van der Waals surface area contributed by atoms with Gasteiger partial charge in [0.2, 0.25) is 5.91 Å². The summed E-state index contributed by atoms with van der Waals surface area (Å²) in [6.45, 7) is 6.33. The number of hydrogen-bond acceptors (Lipinski definition) is 3. The van der Waals surface area contributed by atoms with E-state index in [4.69, 9.17) is 4.74 Å². The molecule has 0 saturated carbocycles. The fraction of sp³-hybridized carbons (Fsp3) is 0.579. The molecule has 1 aromatic carbocycles. The number of nitrogens with zero attached hydrogens (tertiary/aromatic N) is 2. The molecule has 1 aliphatic heterocycles. The highest BCUT2D eigenvalue weighted by molar-refractivity contribution is 5.80. The molecule has 6 nitrogen and oxygen atoms in total. The molecule has 2 rings (SSSR count). The van der Waals surface area contributed by atoms with Crippen LogP contribution >= 0.6 is 0 Å². The molecule has 0 spiro atoms. The number of methoxy groups -OCH3 is 1. The second kappa shape index (κ2) is 9.30. The summed E-state index contributed by atoms with van der Waals surface area (Å²) < 4.78 is 5.43. The summed E-state index contributed by atoms with van der Waals surface area (Å²) in [5.41, 5.74) is 2.41. The van der Waals surface area contributed by atoms with Crippen molar-refractivity contribution in [3.63, 3.8) is 0 Å². The minimum absolute atomic E-state index is 0.221. The number of ether oxygens (including phenoxy) is 1. The van der Waals surface area contributed by atoms with Gasteiger partial charge in [0.05, 0.1) is 7.11 Å². The first kappa shape index (κ1) is 19.1. The largest absolute Gasteiger partial charge is 0.496 e. The minimum Gasteiger partial charge on any atom is -0.496 e. The van der Waals surface area contributed by atoms with E-state index >= 15 is 0 Å². The molecule has 1 amide bonds. The number of hydrogen-bond donors (Lipinski definition) is 2. The van der Waals surface area contributed by atoms with E-state index in [0.29, 0.717) is 6.42 Å². The maximum absolute atomic E-state index is 11.8.